The summed E-state index contributed by atoms with van der Waals surface area (Å²) in [5.41, 5.74) is 2.51. The van der Waals surface area contributed by atoms with Crippen LogP contribution < -0.4 is 10.1 Å². The Hall–Kier alpha value is -2.57. The van der Waals surface area contributed by atoms with E-state index in [4.69, 9.17) is 9.47 Å². The van der Waals surface area contributed by atoms with Crippen LogP contribution in [0.1, 0.15) is 33.9 Å². The van der Waals surface area contributed by atoms with E-state index in [9.17, 15) is 9.59 Å². The van der Waals surface area contributed by atoms with Crippen molar-refractivity contribution in [2.24, 2.45) is 0 Å². The van der Waals surface area contributed by atoms with Crippen LogP contribution in [0.2, 0.25) is 0 Å². The molecule has 1 N–H and O–H groups in total. The maximum Gasteiger partial charge on any atom is 0.414 e. The second-order valence-electron chi connectivity index (χ2n) is 6.41. The van der Waals surface area contributed by atoms with Gasteiger partial charge in [0.2, 0.25) is 0 Å². The molecule has 0 heterocycles. The summed E-state index contributed by atoms with van der Waals surface area (Å²) < 4.78 is 10.6. The number of carbonyl (C=O) groups is 2. The zero-order valence-corrected chi connectivity index (χ0v) is 17.4. The minimum atomic E-state index is -0.420. The van der Waals surface area contributed by atoms with E-state index in [-0.39, 0.29) is 24.4 Å². The average Bonchev–Trinajstić information content (AvgIpc) is 2.66. The number of nitrogens with one attached hydrogen (secondary N) is 1. The number of hydrogen-bond acceptors (Lipinski definition) is 5. The summed E-state index contributed by atoms with van der Waals surface area (Å²) in [6.07, 6.45) is 0.210. The number of benzene rings is 2. The Bertz CT molecular complexity index is 778. The number of nitrogens with zero attached hydrogens (tertiary/aromatic N) is 1. The fourth-order valence-electron chi connectivity index (χ4n) is 2.59. The molecule has 0 saturated heterocycles. The molecule has 0 aliphatic heterocycles. The van der Waals surface area contributed by atoms with Crippen molar-refractivity contribution in [3.8, 4) is 5.75 Å². The van der Waals surface area contributed by atoms with Crippen molar-refractivity contribution in [3.63, 3.8) is 0 Å². The molecule has 2 aromatic carbocycles. The van der Waals surface area contributed by atoms with Gasteiger partial charge in [-0.25, -0.2) is 9.59 Å². The number of halogens is 1. The number of carbonyl (C=O) groups excluding carboxylic acids is 2. The number of amides is 1. The highest BCUT2D eigenvalue weighted by atomic mass is 35.5. The summed E-state index contributed by atoms with van der Waals surface area (Å²) in [6.45, 7) is 2.19. The van der Waals surface area contributed by atoms with E-state index < -0.39 is 6.09 Å². The molecule has 0 aromatic heterocycles. The van der Waals surface area contributed by atoms with E-state index in [1.165, 1.54) is 4.90 Å². The lowest BCUT2D eigenvalue weighted by Gasteiger charge is -2.17. The molecule has 0 aliphatic carbocycles. The van der Waals surface area contributed by atoms with E-state index in [2.05, 4.69) is 5.32 Å². The molecule has 1 amide bonds. The highest BCUT2D eigenvalue weighted by Gasteiger charge is 2.14. The fraction of sp³-hybridized carbons (Fsp3) is 0.333. The predicted octanol–water partition coefficient (Wildman–Crippen LogP) is 3.98. The van der Waals surface area contributed by atoms with Gasteiger partial charge >= 0.3 is 12.1 Å². The van der Waals surface area contributed by atoms with E-state index >= 15 is 0 Å². The topological polar surface area (TPSA) is 67.9 Å². The number of hydrogen-bond donors (Lipinski definition) is 1. The molecular weight excluding hydrogens is 380 g/mol. The second kappa shape index (κ2) is 11.3. The van der Waals surface area contributed by atoms with Crippen LogP contribution in [0.25, 0.3) is 0 Å². The molecule has 0 bridgehead atoms. The van der Waals surface area contributed by atoms with Crippen LogP contribution in [-0.4, -0.2) is 44.7 Å². The summed E-state index contributed by atoms with van der Waals surface area (Å²) in [4.78, 5) is 25.1. The first-order chi connectivity index (χ1) is 12.9. The van der Waals surface area contributed by atoms with Crippen LogP contribution in [0.5, 0.6) is 5.75 Å². The van der Waals surface area contributed by atoms with Gasteiger partial charge in [0, 0.05) is 26.6 Å². The lowest BCUT2D eigenvalue weighted by atomic mass is 10.0. The van der Waals surface area contributed by atoms with Crippen molar-refractivity contribution >= 4 is 24.5 Å². The summed E-state index contributed by atoms with van der Waals surface area (Å²) in [7, 11) is 5.12. The minimum absolute atomic E-state index is 0. The molecule has 0 radical (unpaired) electrons. The molecule has 0 spiro atoms. The van der Waals surface area contributed by atoms with Gasteiger partial charge in [0.15, 0.2) is 0 Å². The van der Waals surface area contributed by atoms with Crippen LogP contribution in [0.4, 0.5) is 4.79 Å². The second-order valence-corrected chi connectivity index (χ2v) is 6.41. The Labute approximate surface area is 172 Å². The number of ether oxygens (including phenoxy) is 2. The first-order valence-corrected chi connectivity index (χ1v) is 8.81. The first kappa shape index (κ1) is 23.5. The van der Waals surface area contributed by atoms with E-state index in [0.717, 1.165) is 11.1 Å². The Balaban J connectivity index is 0.00000392. The Morgan fingerprint density at radius 3 is 2.29 bits per heavy atom. The standard InChI is InChI=1S/C21H26N2O4.ClH/c1-15-7-5-6-8-18(15)20(24)26-14-13-19(22-2)16-9-11-17(12-10-16)27-21(25)23(3)4;/h5-12,19,22H,13-14H2,1-4H3;1H. The van der Waals surface area contributed by atoms with Crippen molar-refractivity contribution in [2.45, 2.75) is 19.4 Å². The van der Waals surface area contributed by atoms with Crippen LogP contribution in [-0.2, 0) is 4.74 Å². The third kappa shape index (κ3) is 6.55. The monoisotopic (exact) mass is 406 g/mol. The molecule has 0 aliphatic rings. The van der Waals surface area contributed by atoms with Crippen LogP contribution in [0.15, 0.2) is 48.5 Å². The summed E-state index contributed by atoms with van der Waals surface area (Å²) >= 11 is 0. The summed E-state index contributed by atoms with van der Waals surface area (Å²) in [5.74, 6) is 0.173. The fourth-order valence-corrected chi connectivity index (χ4v) is 2.59. The quantitative estimate of drug-likeness (QED) is 0.704. The Kier molecular flexibility index (Phi) is 9.48. The van der Waals surface area contributed by atoms with Gasteiger partial charge in [-0.2, -0.15) is 0 Å². The molecule has 1 atom stereocenters. The van der Waals surface area contributed by atoms with Gasteiger partial charge in [0.1, 0.15) is 5.75 Å². The van der Waals surface area contributed by atoms with Crippen molar-refractivity contribution < 1.29 is 19.1 Å². The zero-order chi connectivity index (χ0) is 19.8. The molecule has 6 nitrogen and oxygen atoms in total. The number of rotatable bonds is 7. The summed E-state index contributed by atoms with van der Waals surface area (Å²) in [6, 6.07) is 14.7. The SMILES string of the molecule is CNC(CCOC(=O)c1ccccc1C)c1ccc(OC(=O)N(C)C)cc1.Cl. The number of aryl methyl sites for hydroxylation is 1. The highest BCUT2D eigenvalue weighted by molar-refractivity contribution is 5.90. The molecule has 0 fully saturated rings. The molecule has 0 saturated carbocycles. The lowest BCUT2D eigenvalue weighted by Crippen LogP contribution is -2.25. The third-order valence-electron chi connectivity index (χ3n) is 4.21. The molecule has 28 heavy (non-hydrogen) atoms. The van der Waals surface area contributed by atoms with Gasteiger partial charge in [0.25, 0.3) is 0 Å². The summed E-state index contributed by atoms with van der Waals surface area (Å²) in [5, 5.41) is 3.21. The average molecular weight is 407 g/mol. The molecule has 7 heteroatoms. The normalized spacial score (nSPS) is 11.1. The Morgan fingerprint density at radius 2 is 1.71 bits per heavy atom. The van der Waals surface area contributed by atoms with Crippen molar-refractivity contribution in [2.75, 3.05) is 27.7 Å². The first-order valence-electron chi connectivity index (χ1n) is 8.81. The van der Waals surface area contributed by atoms with Gasteiger partial charge in [-0.1, -0.05) is 30.3 Å². The smallest absolute Gasteiger partial charge is 0.414 e. The maximum absolute atomic E-state index is 12.2. The van der Waals surface area contributed by atoms with Crippen LogP contribution in [0, 0.1) is 6.92 Å². The van der Waals surface area contributed by atoms with Gasteiger partial charge in [-0.3, -0.25) is 0 Å². The molecular formula is C21H27ClN2O4. The molecule has 2 aromatic rings. The zero-order valence-electron chi connectivity index (χ0n) is 16.6. The van der Waals surface area contributed by atoms with Crippen molar-refractivity contribution in [1.29, 1.82) is 0 Å². The number of esters is 1. The predicted molar refractivity (Wildman–Crippen MR) is 111 cm³/mol. The molecule has 152 valence electrons. The van der Waals surface area contributed by atoms with Gasteiger partial charge < -0.3 is 19.7 Å². The van der Waals surface area contributed by atoms with Crippen LogP contribution >= 0.6 is 12.4 Å². The van der Waals surface area contributed by atoms with Crippen molar-refractivity contribution in [1.82, 2.24) is 10.2 Å². The van der Waals surface area contributed by atoms with Crippen LogP contribution in [0.3, 0.4) is 0 Å². The van der Waals surface area contributed by atoms with E-state index in [1.807, 2.05) is 44.3 Å². The van der Waals surface area contributed by atoms with E-state index in [1.54, 1.807) is 32.3 Å². The minimum Gasteiger partial charge on any atom is -0.462 e. The largest absolute Gasteiger partial charge is 0.462 e. The molecule has 2 rings (SSSR count). The maximum atomic E-state index is 12.2. The lowest BCUT2D eigenvalue weighted by molar-refractivity contribution is 0.0489. The van der Waals surface area contributed by atoms with Crippen molar-refractivity contribution in [3.05, 3.63) is 65.2 Å². The highest BCUT2D eigenvalue weighted by Crippen LogP contribution is 2.21. The third-order valence-corrected chi connectivity index (χ3v) is 4.21. The molecule has 1 unspecified atom stereocenters. The van der Waals surface area contributed by atoms with Gasteiger partial charge in [-0.05, 0) is 43.3 Å². The van der Waals surface area contributed by atoms with Gasteiger partial charge in [-0.15, -0.1) is 12.4 Å². The Morgan fingerprint density at radius 1 is 1.07 bits per heavy atom. The van der Waals surface area contributed by atoms with Gasteiger partial charge in [0.05, 0.1) is 12.2 Å². The van der Waals surface area contributed by atoms with E-state index in [0.29, 0.717) is 24.3 Å².